The summed E-state index contributed by atoms with van der Waals surface area (Å²) in [6, 6.07) is 0. The molecular weight excluding hydrogens is 248 g/mol. The Balaban J connectivity index is 3.88. The Labute approximate surface area is 88.9 Å². The highest BCUT2D eigenvalue weighted by molar-refractivity contribution is 7.90. The molecule has 0 aliphatic heterocycles. The van der Waals surface area contributed by atoms with Gasteiger partial charge in [0.25, 0.3) is 20.2 Å². The molecule has 0 aromatic heterocycles. The fraction of sp³-hybridized carbons (Fsp3) is 1.00. The highest BCUT2D eigenvalue weighted by atomic mass is 32.2. The maximum atomic E-state index is 11.0. The molecule has 0 bridgehead atoms. The molecule has 92 valence electrons. The van der Waals surface area contributed by atoms with Gasteiger partial charge in [0.05, 0.1) is 18.1 Å². The number of hydrogen-bond donors (Lipinski definition) is 2. The fourth-order valence-corrected chi connectivity index (χ4v) is 2.81. The van der Waals surface area contributed by atoms with Gasteiger partial charge in [-0.1, -0.05) is 0 Å². The number of aliphatic hydroxyl groups excluding tert-OH is 1. The summed E-state index contributed by atoms with van der Waals surface area (Å²) < 4.78 is 55.2. The van der Waals surface area contributed by atoms with Crippen LogP contribution in [-0.2, 0) is 24.4 Å². The first kappa shape index (κ1) is 14.8. The van der Waals surface area contributed by atoms with Crippen molar-refractivity contribution in [2.75, 3.05) is 24.7 Å². The van der Waals surface area contributed by atoms with Gasteiger partial charge in [0, 0.05) is 6.61 Å². The molecule has 0 aliphatic carbocycles. The molecule has 0 aromatic rings. The predicted octanol–water partition coefficient (Wildman–Crippen LogP) is -1.01. The minimum atomic E-state index is -4.29. The number of aliphatic hydroxyl groups is 1. The van der Waals surface area contributed by atoms with Gasteiger partial charge in [-0.2, -0.15) is 16.8 Å². The Bertz CT molecular complexity index is 355. The lowest BCUT2D eigenvalue weighted by Gasteiger charge is -2.03. The largest absolute Gasteiger partial charge is 0.396 e. The van der Waals surface area contributed by atoms with E-state index in [-0.39, 0.29) is 13.2 Å². The van der Waals surface area contributed by atoms with E-state index in [2.05, 4.69) is 4.18 Å². The average molecular weight is 262 g/mol. The molecule has 15 heavy (non-hydrogen) atoms. The van der Waals surface area contributed by atoms with E-state index < -0.39 is 31.7 Å². The van der Waals surface area contributed by atoms with Crippen molar-refractivity contribution in [3.05, 3.63) is 0 Å². The topological polar surface area (TPSA) is 118 Å². The van der Waals surface area contributed by atoms with Gasteiger partial charge in [0.2, 0.25) is 0 Å². The second-order valence-corrected chi connectivity index (χ2v) is 6.13. The summed E-state index contributed by atoms with van der Waals surface area (Å²) in [4.78, 5) is 0. The van der Waals surface area contributed by atoms with Crippen molar-refractivity contribution in [3.63, 3.8) is 0 Å². The Hall–Kier alpha value is -0.220. The first-order valence-corrected chi connectivity index (χ1v) is 7.38. The van der Waals surface area contributed by atoms with Crippen LogP contribution in [0.15, 0.2) is 0 Å². The molecular formula is C6H14O7S2. The van der Waals surface area contributed by atoms with Crippen LogP contribution in [0.3, 0.4) is 0 Å². The molecule has 0 aliphatic rings. The first-order chi connectivity index (χ1) is 6.77. The van der Waals surface area contributed by atoms with Gasteiger partial charge in [-0.05, 0) is 12.8 Å². The van der Waals surface area contributed by atoms with E-state index in [0.717, 1.165) is 0 Å². The number of hydrogen-bond acceptors (Lipinski definition) is 6. The zero-order valence-electron chi connectivity index (χ0n) is 7.99. The molecule has 0 unspecified atom stereocenters. The van der Waals surface area contributed by atoms with Crippen LogP contribution < -0.4 is 0 Å². The fourth-order valence-electron chi connectivity index (χ4n) is 0.666. The highest BCUT2D eigenvalue weighted by Crippen LogP contribution is 1.98. The Kier molecular flexibility index (Phi) is 6.29. The molecule has 2 N–H and O–H groups in total. The Morgan fingerprint density at radius 1 is 1.00 bits per heavy atom. The van der Waals surface area contributed by atoms with Gasteiger partial charge in [-0.3, -0.25) is 8.74 Å². The molecule has 0 amide bonds. The van der Waals surface area contributed by atoms with Crippen LogP contribution in [0, 0.1) is 0 Å². The van der Waals surface area contributed by atoms with Crippen molar-refractivity contribution in [1.29, 1.82) is 0 Å². The van der Waals surface area contributed by atoms with Gasteiger partial charge in [-0.15, -0.1) is 0 Å². The normalized spacial score (nSPS) is 12.9. The standard InChI is InChI=1S/C6H14O7S2/c7-3-1-2-4-13-15(11,12)6-5-14(8,9)10/h7H,1-6H2,(H,8,9,10). The Morgan fingerprint density at radius 2 is 1.60 bits per heavy atom. The number of unbranched alkanes of at least 4 members (excludes halogenated alkanes) is 1. The van der Waals surface area contributed by atoms with Crippen LogP contribution >= 0.6 is 0 Å². The van der Waals surface area contributed by atoms with Crippen LogP contribution in [0.1, 0.15) is 12.8 Å². The zero-order valence-corrected chi connectivity index (χ0v) is 9.63. The summed E-state index contributed by atoms with van der Waals surface area (Å²) in [5.74, 6) is -1.65. The van der Waals surface area contributed by atoms with Crippen molar-refractivity contribution in [2.24, 2.45) is 0 Å². The van der Waals surface area contributed by atoms with Gasteiger partial charge in [-0.25, -0.2) is 0 Å². The lowest BCUT2D eigenvalue weighted by Crippen LogP contribution is -2.19. The molecule has 0 atom stereocenters. The highest BCUT2D eigenvalue weighted by Gasteiger charge is 2.15. The van der Waals surface area contributed by atoms with Crippen LogP contribution in [0.4, 0.5) is 0 Å². The monoisotopic (exact) mass is 262 g/mol. The molecule has 7 nitrogen and oxygen atoms in total. The van der Waals surface area contributed by atoms with Crippen molar-refractivity contribution >= 4 is 20.2 Å². The molecule has 0 heterocycles. The minimum absolute atomic E-state index is 0.0611. The van der Waals surface area contributed by atoms with E-state index in [1.165, 1.54) is 0 Å². The maximum Gasteiger partial charge on any atom is 0.268 e. The smallest absolute Gasteiger partial charge is 0.268 e. The molecule has 0 spiro atoms. The van der Waals surface area contributed by atoms with E-state index in [4.69, 9.17) is 9.66 Å². The average Bonchev–Trinajstić information content (AvgIpc) is 2.09. The van der Waals surface area contributed by atoms with Gasteiger partial charge in [0.1, 0.15) is 0 Å². The molecule has 9 heteroatoms. The third kappa shape index (κ3) is 10.1. The maximum absolute atomic E-state index is 11.0. The van der Waals surface area contributed by atoms with E-state index in [0.29, 0.717) is 12.8 Å². The van der Waals surface area contributed by atoms with Gasteiger partial charge >= 0.3 is 0 Å². The van der Waals surface area contributed by atoms with Gasteiger partial charge < -0.3 is 5.11 Å². The summed E-state index contributed by atoms with van der Waals surface area (Å²) >= 11 is 0. The summed E-state index contributed by atoms with van der Waals surface area (Å²) in [6.07, 6.45) is 0.773. The third-order valence-corrected chi connectivity index (χ3v) is 3.61. The summed E-state index contributed by atoms with van der Waals surface area (Å²) in [7, 11) is -8.21. The third-order valence-electron chi connectivity index (χ3n) is 1.41. The summed E-state index contributed by atoms with van der Waals surface area (Å²) in [6.45, 7) is -0.164. The van der Waals surface area contributed by atoms with Crippen molar-refractivity contribution in [2.45, 2.75) is 12.8 Å². The molecule has 0 fully saturated rings. The van der Waals surface area contributed by atoms with Gasteiger partial charge in [0.15, 0.2) is 0 Å². The van der Waals surface area contributed by atoms with Crippen molar-refractivity contribution < 1.29 is 30.7 Å². The predicted molar refractivity (Wildman–Crippen MR) is 52.5 cm³/mol. The van der Waals surface area contributed by atoms with E-state index >= 15 is 0 Å². The van der Waals surface area contributed by atoms with E-state index in [9.17, 15) is 16.8 Å². The lowest BCUT2D eigenvalue weighted by atomic mass is 10.3. The second kappa shape index (κ2) is 6.38. The molecule has 0 rings (SSSR count). The van der Waals surface area contributed by atoms with Crippen LogP contribution in [0.2, 0.25) is 0 Å². The second-order valence-electron chi connectivity index (χ2n) is 2.80. The molecule has 0 aromatic carbocycles. The van der Waals surface area contributed by atoms with E-state index in [1.54, 1.807) is 0 Å². The molecule has 0 radical (unpaired) electrons. The van der Waals surface area contributed by atoms with Crippen LogP contribution in [0.25, 0.3) is 0 Å². The van der Waals surface area contributed by atoms with Crippen molar-refractivity contribution in [3.8, 4) is 0 Å². The SMILES string of the molecule is O=S(=O)(O)CCS(=O)(=O)OCCCCO. The van der Waals surface area contributed by atoms with Crippen LogP contribution in [-0.4, -0.2) is 51.2 Å². The molecule has 0 saturated heterocycles. The lowest BCUT2D eigenvalue weighted by molar-refractivity contribution is 0.255. The van der Waals surface area contributed by atoms with Crippen molar-refractivity contribution in [1.82, 2.24) is 0 Å². The van der Waals surface area contributed by atoms with Crippen LogP contribution in [0.5, 0.6) is 0 Å². The summed E-state index contributed by atoms with van der Waals surface area (Å²) in [5, 5.41) is 8.39. The first-order valence-electron chi connectivity index (χ1n) is 4.20. The molecule has 0 saturated carbocycles. The van der Waals surface area contributed by atoms with E-state index in [1.807, 2.05) is 0 Å². The number of rotatable bonds is 8. The minimum Gasteiger partial charge on any atom is -0.396 e. The Morgan fingerprint density at radius 3 is 2.07 bits per heavy atom. The summed E-state index contributed by atoms with van der Waals surface area (Å²) in [5.41, 5.74) is 0. The zero-order chi connectivity index (χ0) is 11.9. The quantitative estimate of drug-likeness (QED) is 0.327.